The van der Waals surface area contributed by atoms with Crippen LogP contribution in [0.1, 0.15) is 32.6 Å². The number of imidazole rings is 1. The topological polar surface area (TPSA) is 90.0 Å². The quantitative estimate of drug-likeness (QED) is 0.791. The molecule has 0 amide bonds. The van der Waals surface area contributed by atoms with Gasteiger partial charge in [0.2, 0.25) is 5.95 Å². The molecule has 3 heterocycles. The van der Waals surface area contributed by atoms with Crippen molar-refractivity contribution in [2.45, 2.75) is 38.6 Å². The first-order valence-corrected chi connectivity index (χ1v) is 7.66. The number of H-pyrrole nitrogens is 1. The number of anilines is 2. The van der Waals surface area contributed by atoms with Crippen LogP contribution in [0.3, 0.4) is 0 Å². The molecule has 1 atom stereocenters. The average molecular weight is 290 g/mol. The van der Waals surface area contributed by atoms with Crippen LogP contribution >= 0.6 is 0 Å². The fourth-order valence-electron chi connectivity index (χ4n) is 2.91. The number of hydrogen-bond acceptors (Lipinski definition) is 6. The molecule has 2 aromatic rings. The Balaban J connectivity index is 2.05. The van der Waals surface area contributed by atoms with Crippen LogP contribution in [0, 0.1) is 0 Å². The van der Waals surface area contributed by atoms with Gasteiger partial charge in [0.1, 0.15) is 5.52 Å². The molecule has 1 aliphatic rings. The molecular weight excluding hydrogens is 268 g/mol. The average Bonchev–Trinajstić information content (AvgIpc) is 2.83. The summed E-state index contributed by atoms with van der Waals surface area (Å²) >= 11 is 0. The van der Waals surface area contributed by atoms with Crippen LogP contribution in [0.4, 0.5) is 11.8 Å². The van der Waals surface area contributed by atoms with Crippen molar-refractivity contribution in [3.8, 4) is 0 Å². The Bertz CT molecular complexity index is 598. The standard InChI is InChI=1S/C14H22N6O/c1-2-15-14-18-12-11(16-9-17-12)13(19-14)20-7-5-3-4-6-10(20)8-21/h9-10,21H,2-8H2,1H3,(H2,15,16,17,18,19). The van der Waals surface area contributed by atoms with Crippen LogP contribution in [0.25, 0.3) is 11.2 Å². The van der Waals surface area contributed by atoms with Gasteiger partial charge in [0, 0.05) is 13.1 Å². The van der Waals surface area contributed by atoms with Crippen LogP contribution < -0.4 is 10.2 Å². The third-order valence-electron chi connectivity index (χ3n) is 3.96. The minimum absolute atomic E-state index is 0.114. The third kappa shape index (κ3) is 2.78. The lowest BCUT2D eigenvalue weighted by molar-refractivity contribution is 0.254. The summed E-state index contributed by atoms with van der Waals surface area (Å²) in [6, 6.07) is 0.114. The predicted octanol–water partition coefficient (Wildman–Crippen LogP) is 1.53. The van der Waals surface area contributed by atoms with Crippen molar-refractivity contribution in [3.05, 3.63) is 6.33 Å². The largest absolute Gasteiger partial charge is 0.394 e. The van der Waals surface area contributed by atoms with Gasteiger partial charge in [0.15, 0.2) is 11.5 Å². The zero-order chi connectivity index (χ0) is 14.7. The van der Waals surface area contributed by atoms with Crippen LogP contribution in [0.2, 0.25) is 0 Å². The summed E-state index contributed by atoms with van der Waals surface area (Å²) < 4.78 is 0. The summed E-state index contributed by atoms with van der Waals surface area (Å²) in [5.74, 6) is 1.43. The molecule has 0 spiro atoms. The maximum atomic E-state index is 9.72. The van der Waals surface area contributed by atoms with E-state index in [0.29, 0.717) is 11.6 Å². The lowest BCUT2D eigenvalue weighted by Gasteiger charge is -2.30. The summed E-state index contributed by atoms with van der Waals surface area (Å²) in [7, 11) is 0. The Kier molecular flexibility index (Phi) is 4.19. The molecule has 0 aromatic carbocycles. The highest BCUT2D eigenvalue weighted by Crippen LogP contribution is 2.28. The van der Waals surface area contributed by atoms with Gasteiger partial charge in [0.05, 0.1) is 19.0 Å². The lowest BCUT2D eigenvalue weighted by Crippen LogP contribution is -2.38. The van der Waals surface area contributed by atoms with Crippen LogP contribution in [0.5, 0.6) is 0 Å². The van der Waals surface area contributed by atoms with E-state index in [1.807, 2.05) is 6.92 Å². The van der Waals surface area contributed by atoms with Gasteiger partial charge in [-0.3, -0.25) is 0 Å². The van der Waals surface area contributed by atoms with E-state index in [-0.39, 0.29) is 12.6 Å². The Morgan fingerprint density at radius 2 is 2.29 bits per heavy atom. The molecular formula is C14H22N6O. The van der Waals surface area contributed by atoms with Gasteiger partial charge in [-0.1, -0.05) is 12.8 Å². The molecule has 0 aliphatic carbocycles. The highest BCUT2D eigenvalue weighted by molar-refractivity contribution is 5.84. The zero-order valence-corrected chi connectivity index (χ0v) is 12.3. The van der Waals surface area contributed by atoms with Crippen molar-refractivity contribution in [2.75, 3.05) is 29.9 Å². The molecule has 2 aromatic heterocycles. The molecule has 3 rings (SSSR count). The fraction of sp³-hybridized carbons (Fsp3) is 0.643. The molecule has 0 radical (unpaired) electrons. The number of aromatic amines is 1. The minimum atomic E-state index is 0.114. The van der Waals surface area contributed by atoms with Crippen molar-refractivity contribution in [3.63, 3.8) is 0 Å². The summed E-state index contributed by atoms with van der Waals surface area (Å²) in [5.41, 5.74) is 1.51. The maximum Gasteiger partial charge on any atom is 0.226 e. The van der Waals surface area contributed by atoms with E-state index >= 15 is 0 Å². The SMILES string of the molecule is CCNc1nc(N2CCCCCC2CO)c2[nH]cnc2n1. The zero-order valence-electron chi connectivity index (χ0n) is 12.3. The first-order chi connectivity index (χ1) is 10.3. The van der Waals surface area contributed by atoms with E-state index < -0.39 is 0 Å². The first-order valence-electron chi connectivity index (χ1n) is 7.66. The van der Waals surface area contributed by atoms with Crippen molar-refractivity contribution < 1.29 is 5.11 Å². The second-order valence-electron chi connectivity index (χ2n) is 5.38. The summed E-state index contributed by atoms with van der Waals surface area (Å²) in [4.78, 5) is 18.6. The minimum Gasteiger partial charge on any atom is -0.394 e. The monoisotopic (exact) mass is 290 g/mol. The van der Waals surface area contributed by atoms with Crippen LogP contribution in [-0.2, 0) is 0 Å². The summed E-state index contributed by atoms with van der Waals surface area (Å²) in [6.07, 6.45) is 6.10. The van der Waals surface area contributed by atoms with Crippen molar-refractivity contribution >= 4 is 22.9 Å². The number of aliphatic hydroxyl groups excluding tert-OH is 1. The molecule has 1 unspecified atom stereocenters. The number of aromatic nitrogens is 4. The molecule has 7 nitrogen and oxygen atoms in total. The molecule has 7 heteroatoms. The number of rotatable bonds is 4. The number of nitrogens with one attached hydrogen (secondary N) is 2. The predicted molar refractivity (Wildman–Crippen MR) is 82.5 cm³/mol. The van der Waals surface area contributed by atoms with Gasteiger partial charge >= 0.3 is 0 Å². The van der Waals surface area contributed by atoms with Gasteiger partial charge in [-0.15, -0.1) is 0 Å². The summed E-state index contributed by atoms with van der Waals surface area (Å²) in [5, 5.41) is 12.9. The van der Waals surface area contributed by atoms with E-state index in [9.17, 15) is 5.11 Å². The fourth-order valence-corrected chi connectivity index (χ4v) is 2.91. The Labute approximate surface area is 123 Å². The molecule has 0 saturated carbocycles. The van der Waals surface area contributed by atoms with Gasteiger partial charge in [-0.25, -0.2) is 4.98 Å². The number of nitrogens with zero attached hydrogens (tertiary/aromatic N) is 4. The molecule has 21 heavy (non-hydrogen) atoms. The van der Waals surface area contributed by atoms with Crippen LogP contribution in [0.15, 0.2) is 6.33 Å². The maximum absolute atomic E-state index is 9.72. The van der Waals surface area contributed by atoms with Gasteiger partial charge < -0.3 is 20.3 Å². The highest BCUT2D eigenvalue weighted by atomic mass is 16.3. The second-order valence-corrected chi connectivity index (χ2v) is 5.38. The van der Waals surface area contributed by atoms with Gasteiger partial charge in [0.25, 0.3) is 0 Å². The van der Waals surface area contributed by atoms with Crippen LogP contribution in [-0.4, -0.2) is 50.8 Å². The van der Waals surface area contributed by atoms with E-state index in [1.165, 1.54) is 6.42 Å². The Hall–Kier alpha value is -1.89. The van der Waals surface area contributed by atoms with E-state index in [1.54, 1.807) is 6.33 Å². The van der Waals surface area contributed by atoms with Gasteiger partial charge in [-0.05, 0) is 19.8 Å². The smallest absolute Gasteiger partial charge is 0.226 e. The Morgan fingerprint density at radius 3 is 3.10 bits per heavy atom. The highest BCUT2D eigenvalue weighted by Gasteiger charge is 2.25. The molecule has 3 N–H and O–H groups in total. The Morgan fingerprint density at radius 1 is 1.38 bits per heavy atom. The second kappa shape index (κ2) is 6.26. The van der Waals surface area contributed by atoms with Crippen molar-refractivity contribution in [2.24, 2.45) is 0 Å². The number of hydrogen-bond donors (Lipinski definition) is 3. The number of aliphatic hydroxyl groups is 1. The van der Waals surface area contributed by atoms with E-state index in [4.69, 9.17) is 0 Å². The molecule has 1 fully saturated rings. The number of fused-ring (bicyclic) bond motifs is 1. The van der Waals surface area contributed by atoms with E-state index in [2.05, 4.69) is 30.2 Å². The van der Waals surface area contributed by atoms with Gasteiger partial charge in [-0.2, -0.15) is 9.97 Å². The van der Waals surface area contributed by atoms with Crippen molar-refractivity contribution in [1.82, 2.24) is 19.9 Å². The van der Waals surface area contributed by atoms with Crippen molar-refractivity contribution in [1.29, 1.82) is 0 Å². The molecule has 1 aliphatic heterocycles. The summed E-state index contributed by atoms with van der Waals surface area (Å²) in [6.45, 7) is 3.83. The molecule has 0 bridgehead atoms. The molecule has 1 saturated heterocycles. The third-order valence-corrected chi connectivity index (χ3v) is 3.96. The molecule has 114 valence electrons. The normalized spacial score (nSPS) is 19.7. The first kappa shape index (κ1) is 14.1. The van der Waals surface area contributed by atoms with E-state index in [0.717, 1.165) is 43.7 Å². The lowest BCUT2D eigenvalue weighted by atomic mass is 10.1.